The Labute approximate surface area is 167 Å². The smallest absolute Gasteiger partial charge is 0.323 e. The van der Waals surface area contributed by atoms with Gasteiger partial charge in [-0.05, 0) is 48.5 Å². The first-order valence-electron chi connectivity index (χ1n) is 9.01. The number of imidazole rings is 1. The van der Waals surface area contributed by atoms with Crippen LogP contribution >= 0.6 is 0 Å². The predicted octanol–water partition coefficient (Wildman–Crippen LogP) is 4.89. The second kappa shape index (κ2) is 7.93. The number of ether oxygens (including phenoxy) is 2. The van der Waals surface area contributed by atoms with Gasteiger partial charge in [0.1, 0.15) is 5.82 Å². The van der Waals surface area contributed by atoms with Gasteiger partial charge in [-0.25, -0.2) is 9.78 Å². The molecule has 7 nitrogen and oxygen atoms in total. The second-order valence-electron chi connectivity index (χ2n) is 6.33. The molecule has 0 aliphatic heterocycles. The zero-order chi connectivity index (χ0) is 20.2. The van der Waals surface area contributed by atoms with Gasteiger partial charge in [-0.2, -0.15) is 0 Å². The molecule has 0 radical (unpaired) electrons. The molecule has 3 N–H and O–H groups in total. The number of nitrogens with one attached hydrogen (secondary N) is 3. The lowest BCUT2D eigenvalue weighted by Gasteiger charge is -2.11. The molecule has 1 aromatic heterocycles. The average molecular weight is 388 g/mol. The number of carbonyl (C=O) groups is 1. The van der Waals surface area contributed by atoms with Crippen molar-refractivity contribution < 1.29 is 14.3 Å². The third-order valence-electron chi connectivity index (χ3n) is 4.45. The summed E-state index contributed by atoms with van der Waals surface area (Å²) in [6.07, 6.45) is 0. The summed E-state index contributed by atoms with van der Waals surface area (Å²) in [6.45, 7) is 0. The van der Waals surface area contributed by atoms with E-state index >= 15 is 0 Å². The van der Waals surface area contributed by atoms with Crippen molar-refractivity contribution in [2.45, 2.75) is 0 Å². The SMILES string of the molecule is COc1ccc(NC(=O)Nc2ccc(-c3nc4ccccc4[nH]3)cc2)cc1OC. The van der Waals surface area contributed by atoms with Crippen LogP contribution in [0.3, 0.4) is 0 Å². The normalized spacial score (nSPS) is 10.6. The molecule has 0 spiro atoms. The Hall–Kier alpha value is -4.00. The maximum absolute atomic E-state index is 12.3. The van der Waals surface area contributed by atoms with Crippen LogP contribution in [-0.2, 0) is 0 Å². The summed E-state index contributed by atoms with van der Waals surface area (Å²) in [4.78, 5) is 20.2. The topological polar surface area (TPSA) is 88.3 Å². The van der Waals surface area contributed by atoms with Crippen molar-refractivity contribution >= 4 is 28.4 Å². The van der Waals surface area contributed by atoms with Crippen molar-refractivity contribution in [1.29, 1.82) is 0 Å². The minimum Gasteiger partial charge on any atom is -0.493 e. The van der Waals surface area contributed by atoms with Crippen molar-refractivity contribution in [1.82, 2.24) is 9.97 Å². The number of nitrogens with zero attached hydrogens (tertiary/aromatic N) is 1. The standard InChI is InChI=1S/C22H20N4O3/c1-28-19-12-11-16(13-20(19)29-2)24-22(27)23-15-9-7-14(8-10-15)21-25-17-5-3-4-6-18(17)26-21/h3-13H,1-2H3,(H,25,26)(H2,23,24,27). The van der Waals surface area contributed by atoms with E-state index in [2.05, 4.69) is 20.6 Å². The van der Waals surface area contributed by atoms with E-state index in [4.69, 9.17) is 9.47 Å². The summed E-state index contributed by atoms with van der Waals surface area (Å²) in [7, 11) is 3.11. The Balaban J connectivity index is 1.44. The first kappa shape index (κ1) is 18.4. The predicted molar refractivity (Wildman–Crippen MR) is 114 cm³/mol. The lowest BCUT2D eigenvalue weighted by molar-refractivity contribution is 0.262. The van der Waals surface area contributed by atoms with E-state index in [0.29, 0.717) is 22.9 Å². The fourth-order valence-corrected chi connectivity index (χ4v) is 3.01. The monoisotopic (exact) mass is 388 g/mol. The number of benzene rings is 3. The molecule has 7 heteroatoms. The highest BCUT2D eigenvalue weighted by atomic mass is 16.5. The van der Waals surface area contributed by atoms with Gasteiger partial charge in [-0.15, -0.1) is 0 Å². The van der Waals surface area contributed by atoms with Gasteiger partial charge in [0, 0.05) is 23.0 Å². The lowest BCUT2D eigenvalue weighted by Crippen LogP contribution is -2.19. The Kier molecular flexibility index (Phi) is 5.03. The summed E-state index contributed by atoms with van der Waals surface area (Å²) in [5.41, 5.74) is 4.10. The van der Waals surface area contributed by atoms with Crippen molar-refractivity contribution in [2.24, 2.45) is 0 Å². The molecular formula is C22H20N4O3. The molecule has 0 saturated heterocycles. The van der Waals surface area contributed by atoms with E-state index in [0.717, 1.165) is 22.4 Å². The van der Waals surface area contributed by atoms with Gasteiger partial charge in [0.05, 0.1) is 25.3 Å². The highest BCUT2D eigenvalue weighted by Gasteiger charge is 2.09. The molecule has 29 heavy (non-hydrogen) atoms. The third kappa shape index (κ3) is 3.98. The van der Waals surface area contributed by atoms with Gasteiger partial charge < -0.3 is 25.1 Å². The molecule has 0 aliphatic carbocycles. The number of hydrogen-bond donors (Lipinski definition) is 3. The number of aromatic amines is 1. The average Bonchev–Trinajstić information content (AvgIpc) is 3.18. The van der Waals surface area contributed by atoms with Crippen LogP contribution < -0.4 is 20.1 Å². The summed E-state index contributed by atoms with van der Waals surface area (Å²) < 4.78 is 10.4. The molecule has 0 atom stereocenters. The first-order chi connectivity index (χ1) is 14.2. The zero-order valence-electron chi connectivity index (χ0n) is 16.0. The minimum atomic E-state index is -0.353. The summed E-state index contributed by atoms with van der Waals surface area (Å²) in [5.74, 6) is 1.92. The van der Waals surface area contributed by atoms with Crippen molar-refractivity contribution in [3.8, 4) is 22.9 Å². The molecule has 0 bridgehead atoms. The third-order valence-corrected chi connectivity index (χ3v) is 4.45. The van der Waals surface area contributed by atoms with Crippen molar-refractivity contribution in [2.75, 3.05) is 24.9 Å². The fourth-order valence-electron chi connectivity index (χ4n) is 3.01. The number of carbonyl (C=O) groups excluding carboxylic acids is 1. The number of hydrogen-bond acceptors (Lipinski definition) is 4. The summed E-state index contributed by atoms with van der Waals surface area (Å²) in [6, 6.07) is 20.2. The van der Waals surface area contributed by atoms with Gasteiger partial charge in [0.2, 0.25) is 0 Å². The Bertz CT molecular complexity index is 1120. The van der Waals surface area contributed by atoms with Crippen LogP contribution in [0.4, 0.5) is 16.2 Å². The number of anilines is 2. The Morgan fingerprint density at radius 1 is 0.862 bits per heavy atom. The lowest BCUT2D eigenvalue weighted by atomic mass is 10.2. The van der Waals surface area contributed by atoms with Gasteiger partial charge in [-0.3, -0.25) is 0 Å². The maximum atomic E-state index is 12.3. The fraction of sp³-hybridized carbons (Fsp3) is 0.0909. The molecule has 0 unspecified atom stereocenters. The van der Waals surface area contributed by atoms with E-state index in [1.807, 2.05) is 48.5 Å². The first-order valence-corrected chi connectivity index (χ1v) is 9.01. The molecule has 2 amide bonds. The largest absolute Gasteiger partial charge is 0.493 e. The molecule has 1 heterocycles. The van der Waals surface area contributed by atoms with Gasteiger partial charge in [0.25, 0.3) is 0 Å². The molecule has 0 fully saturated rings. The molecule has 146 valence electrons. The number of para-hydroxylation sites is 2. The molecular weight excluding hydrogens is 368 g/mol. The summed E-state index contributed by atoms with van der Waals surface area (Å²) >= 11 is 0. The number of H-pyrrole nitrogens is 1. The van der Waals surface area contributed by atoms with Gasteiger partial charge in [0.15, 0.2) is 11.5 Å². The van der Waals surface area contributed by atoms with Crippen LogP contribution in [0, 0.1) is 0 Å². The Morgan fingerprint density at radius 3 is 2.28 bits per heavy atom. The van der Waals surface area contributed by atoms with Crippen LogP contribution in [0.2, 0.25) is 0 Å². The molecule has 4 aromatic rings. The van der Waals surface area contributed by atoms with Gasteiger partial charge >= 0.3 is 6.03 Å². The van der Waals surface area contributed by atoms with Crippen LogP contribution in [0.1, 0.15) is 0 Å². The zero-order valence-corrected chi connectivity index (χ0v) is 16.0. The van der Waals surface area contributed by atoms with E-state index in [1.54, 1.807) is 32.4 Å². The van der Waals surface area contributed by atoms with Crippen LogP contribution in [0.15, 0.2) is 66.7 Å². The number of rotatable bonds is 5. The molecule has 0 saturated carbocycles. The highest BCUT2D eigenvalue weighted by molar-refractivity contribution is 6.00. The number of urea groups is 1. The van der Waals surface area contributed by atoms with E-state index in [9.17, 15) is 4.79 Å². The van der Waals surface area contributed by atoms with Gasteiger partial charge in [-0.1, -0.05) is 12.1 Å². The van der Waals surface area contributed by atoms with Crippen molar-refractivity contribution in [3.05, 3.63) is 66.7 Å². The molecule has 3 aromatic carbocycles. The highest BCUT2D eigenvalue weighted by Crippen LogP contribution is 2.30. The van der Waals surface area contributed by atoms with E-state index in [1.165, 1.54) is 0 Å². The quantitative estimate of drug-likeness (QED) is 0.454. The second-order valence-corrected chi connectivity index (χ2v) is 6.33. The number of fused-ring (bicyclic) bond motifs is 1. The Morgan fingerprint density at radius 2 is 1.55 bits per heavy atom. The van der Waals surface area contributed by atoms with Crippen LogP contribution in [0.25, 0.3) is 22.4 Å². The van der Waals surface area contributed by atoms with Crippen molar-refractivity contribution in [3.63, 3.8) is 0 Å². The minimum absolute atomic E-state index is 0.353. The van der Waals surface area contributed by atoms with Crippen LogP contribution in [0.5, 0.6) is 11.5 Å². The summed E-state index contributed by atoms with van der Waals surface area (Å²) in [5, 5.41) is 5.59. The van der Waals surface area contributed by atoms with Crippen LogP contribution in [-0.4, -0.2) is 30.2 Å². The van der Waals surface area contributed by atoms with E-state index < -0.39 is 0 Å². The molecule has 0 aliphatic rings. The molecule has 4 rings (SSSR count). The number of methoxy groups -OCH3 is 2. The van der Waals surface area contributed by atoms with E-state index in [-0.39, 0.29) is 6.03 Å². The maximum Gasteiger partial charge on any atom is 0.323 e. The number of aromatic nitrogens is 2. The number of amides is 2.